The van der Waals surface area contributed by atoms with Crippen LogP contribution in [-0.2, 0) is 0 Å². The van der Waals surface area contributed by atoms with Crippen molar-refractivity contribution in [2.45, 2.75) is 0 Å². The van der Waals surface area contributed by atoms with Gasteiger partial charge in [-0.25, -0.2) is 4.39 Å². The molecule has 0 fully saturated rings. The number of amides is 1. The summed E-state index contributed by atoms with van der Waals surface area (Å²) in [5.41, 5.74) is 0.865. The fourth-order valence-electron chi connectivity index (χ4n) is 1.23. The minimum atomic E-state index is -0.337. The third-order valence-electron chi connectivity index (χ3n) is 2.00. The molecule has 2 rings (SSSR count). The minimum Gasteiger partial charge on any atom is -0.321 e. The summed E-state index contributed by atoms with van der Waals surface area (Å²) in [6, 6.07) is 10.6. The van der Waals surface area contributed by atoms with E-state index >= 15 is 0 Å². The number of carbonyl (C=O) groups excluding carboxylic acids is 1. The summed E-state index contributed by atoms with van der Waals surface area (Å²) in [7, 11) is 0. The number of carbonyl (C=O) groups is 1. The summed E-state index contributed by atoms with van der Waals surface area (Å²) < 4.78 is 12.6. The van der Waals surface area contributed by atoms with Gasteiger partial charge in [0, 0.05) is 11.9 Å². The second-order valence-corrected chi connectivity index (χ2v) is 3.18. The molecule has 0 aliphatic carbocycles. The Balaban J connectivity index is 2.11. The molecule has 80 valence electrons. The highest BCUT2D eigenvalue weighted by molar-refractivity contribution is 6.02. The van der Waals surface area contributed by atoms with Gasteiger partial charge >= 0.3 is 0 Å². The van der Waals surface area contributed by atoms with Crippen LogP contribution in [0.15, 0.2) is 48.7 Å². The summed E-state index contributed by atoms with van der Waals surface area (Å²) in [5.74, 6) is -0.650. The highest BCUT2D eigenvalue weighted by atomic mass is 19.1. The molecule has 0 aliphatic heterocycles. The molecule has 0 spiro atoms. The zero-order valence-corrected chi connectivity index (χ0v) is 8.35. The van der Waals surface area contributed by atoms with Gasteiger partial charge in [-0.05, 0) is 36.4 Å². The van der Waals surface area contributed by atoms with Crippen molar-refractivity contribution < 1.29 is 9.18 Å². The van der Waals surface area contributed by atoms with Crippen LogP contribution in [-0.4, -0.2) is 10.9 Å². The van der Waals surface area contributed by atoms with Crippen LogP contribution < -0.4 is 5.32 Å². The Morgan fingerprint density at radius 3 is 2.50 bits per heavy atom. The summed E-state index contributed by atoms with van der Waals surface area (Å²) in [4.78, 5) is 15.5. The Morgan fingerprint density at radius 1 is 1.12 bits per heavy atom. The predicted molar refractivity (Wildman–Crippen MR) is 58.6 cm³/mol. The second kappa shape index (κ2) is 4.53. The van der Waals surface area contributed by atoms with Crippen molar-refractivity contribution in [3.8, 4) is 0 Å². The van der Waals surface area contributed by atoms with E-state index in [-0.39, 0.29) is 11.7 Å². The van der Waals surface area contributed by atoms with Gasteiger partial charge in [-0.15, -0.1) is 0 Å². The largest absolute Gasteiger partial charge is 0.321 e. The van der Waals surface area contributed by atoms with Crippen molar-refractivity contribution in [1.82, 2.24) is 4.98 Å². The Bertz CT molecular complexity index is 482. The monoisotopic (exact) mass is 216 g/mol. The topological polar surface area (TPSA) is 42.0 Å². The van der Waals surface area contributed by atoms with E-state index in [0.29, 0.717) is 11.4 Å². The molecule has 0 atom stereocenters. The molecule has 1 amide bonds. The number of nitrogens with one attached hydrogen (secondary N) is 1. The zero-order chi connectivity index (χ0) is 11.4. The quantitative estimate of drug-likeness (QED) is 0.837. The number of anilines is 1. The molecule has 2 aromatic rings. The summed E-state index contributed by atoms with van der Waals surface area (Å²) in [6.45, 7) is 0. The van der Waals surface area contributed by atoms with Gasteiger partial charge in [-0.2, -0.15) is 0 Å². The lowest BCUT2D eigenvalue weighted by atomic mass is 10.3. The van der Waals surface area contributed by atoms with Gasteiger partial charge in [0.2, 0.25) is 0 Å². The molecule has 0 unspecified atom stereocenters. The smallest absolute Gasteiger partial charge is 0.274 e. The lowest BCUT2D eigenvalue weighted by Crippen LogP contribution is -2.13. The fraction of sp³-hybridized carbons (Fsp3) is 0. The van der Waals surface area contributed by atoms with Crippen LogP contribution in [0, 0.1) is 5.82 Å². The van der Waals surface area contributed by atoms with Crippen LogP contribution in [0.4, 0.5) is 10.1 Å². The fourth-order valence-corrected chi connectivity index (χ4v) is 1.23. The first-order valence-electron chi connectivity index (χ1n) is 4.73. The third kappa shape index (κ3) is 2.42. The standard InChI is InChI=1S/C12H9FN2O/c13-9-4-6-10(7-5-9)15-12(16)11-3-1-2-8-14-11/h1-8H,(H,15,16). The first kappa shape index (κ1) is 10.3. The molecule has 1 aromatic carbocycles. The Morgan fingerprint density at radius 2 is 1.88 bits per heavy atom. The molecular formula is C12H9FN2O. The molecule has 1 heterocycles. The number of hydrogen-bond donors (Lipinski definition) is 1. The number of pyridine rings is 1. The van der Waals surface area contributed by atoms with Crippen molar-refractivity contribution in [2.75, 3.05) is 5.32 Å². The van der Waals surface area contributed by atoms with Crippen molar-refractivity contribution in [3.05, 3.63) is 60.2 Å². The zero-order valence-electron chi connectivity index (χ0n) is 8.35. The van der Waals surface area contributed by atoms with E-state index in [1.807, 2.05) is 0 Å². The highest BCUT2D eigenvalue weighted by Crippen LogP contribution is 2.09. The number of benzene rings is 1. The van der Waals surface area contributed by atoms with Gasteiger partial charge in [0.1, 0.15) is 11.5 Å². The average Bonchev–Trinajstić information content (AvgIpc) is 2.33. The van der Waals surface area contributed by atoms with Crippen LogP contribution in [0.3, 0.4) is 0 Å². The van der Waals surface area contributed by atoms with Crippen LogP contribution in [0.2, 0.25) is 0 Å². The van der Waals surface area contributed by atoms with E-state index in [2.05, 4.69) is 10.3 Å². The van der Waals surface area contributed by atoms with Gasteiger partial charge in [0.25, 0.3) is 5.91 Å². The van der Waals surface area contributed by atoms with Gasteiger partial charge in [-0.3, -0.25) is 9.78 Å². The van der Waals surface area contributed by atoms with Gasteiger partial charge in [-0.1, -0.05) is 6.07 Å². The Labute approximate surface area is 92.0 Å². The molecule has 0 radical (unpaired) electrons. The number of halogens is 1. The lowest BCUT2D eigenvalue weighted by Gasteiger charge is -2.03. The van der Waals surface area contributed by atoms with E-state index in [4.69, 9.17) is 0 Å². The summed E-state index contributed by atoms with van der Waals surface area (Å²) in [5, 5.41) is 2.62. The van der Waals surface area contributed by atoms with Crippen molar-refractivity contribution in [3.63, 3.8) is 0 Å². The SMILES string of the molecule is O=C(Nc1ccc(F)cc1)c1ccccn1. The number of hydrogen-bond acceptors (Lipinski definition) is 2. The van der Waals surface area contributed by atoms with Gasteiger partial charge in [0.05, 0.1) is 0 Å². The third-order valence-corrected chi connectivity index (χ3v) is 2.00. The molecule has 1 N–H and O–H groups in total. The van der Waals surface area contributed by atoms with E-state index in [1.54, 1.807) is 24.4 Å². The van der Waals surface area contributed by atoms with Gasteiger partial charge in [0.15, 0.2) is 0 Å². The predicted octanol–water partition coefficient (Wildman–Crippen LogP) is 2.47. The Kier molecular flexibility index (Phi) is 2.91. The molecule has 0 saturated heterocycles. The van der Waals surface area contributed by atoms with Crippen LogP contribution in [0.25, 0.3) is 0 Å². The molecule has 4 heteroatoms. The number of nitrogens with zero attached hydrogens (tertiary/aromatic N) is 1. The molecule has 0 saturated carbocycles. The molecular weight excluding hydrogens is 207 g/mol. The highest BCUT2D eigenvalue weighted by Gasteiger charge is 2.05. The number of rotatable bonds is 2. The normalized spacial score (nSPS) is 9.81. The number of aromatic nitrogens is 1. The average molecular weight is 216 g/mol. The van der Waals surface area contributed by atoms with Crippen LogP contribution >= 0.6 is 0 Å². The maximum atomic E-state index is 12.6. The van der Waals surface area contributed by atoms with E-state index < -0.39 is 0 Å². The lowest BCUT2D eigenvalue weighted by molar-refractivity contribution is 0.102. The molecule has 0 aliphatic rings. The second-order valence-electron chi connectivity index (χ2n) is 3.18. The molecule has 16 heavy (non-hydrogen) atoms. The van der Waals surface area contributed by atoms with Crippen molar-refractivity contribution in [1.29, 1.82) is 0 Å². The molecule has 0 bridgehead atoms. The maximum absolute atomic E-state index is 12.6. The summed E-state index contributed by atoms with van der Waals surface area (Å²) >= 11 is 0. The van der Waals surface area contributed by atoms with Crippen LogP contribution in [0.5, 0.6) is 0 Å². The summed E-state index contributed by atoms with van der Waals surface area (Å²) in [6.07, 6.45) is 1.54. The van der Waals surface area contributed by atoms with E-state index in [1.165, 1.54) is 24.3 Å². The minimum absolute atomic E-state index is 0.313. The van der Waals surface area contributed by atoms with Gasteiger partial charge < -0.3 is 5.32 Å². The first-order chi connectivity index (χ1) is 7.75. The molecule has 1 aromatic heterocycles. The maximum Gasteiger partial charge on any atom is 0.274 e. The van der Waals surface area contributed by atoms with Crippen molar-refractivity contribution >= 4 is 11.6 Å². The Hall–Kier alpha value is -2.23. The van der Waals surface area contributed by atoms with E-state index in [0.717, 1.165) is 0 Å². The van der Waals surface area contributed by atoms with Crippen molar-refractivity contribution in [2.24, 2.45) is 0 Å². The van der Waals surface area contributed by atoms with E-state index in [9.17, 15) is 9.18 Å². The first-order valence-corrected chi connectivity index (χ1v) is 4.73. The van der Waals surface area contributed by atoms with Crippen LogP contribution in [0.1, 0.15) is 10.5 Å². The molecule has 3 nitrogen and oxygen atoms in total.